The van der Waals surface area contributed by atoms with Gasteiger partial charge in [0.25, 0.3) is 5.91 Å². The number of fused-ring (bicyclic) bond motifs is 2. The third-order valence-corrected chi connectivity index (χ3v) is 8.98. The summed E-state index contributed by atoms with van der Waals surface area (Å²) in [5, 5.41) is 4.09. The van der Waals surface area contributed by atoms with Gasteiger partial charge >= 0.3 is 6.09 Å². The van der Waals surface area contributed by atoms with Crippen LogP contribution in [-0.4, -0.2) is 110 Å². The van der Waals surface area contributed by atoms with Crippen molar-refractivity contribution in [3.63, 3.8) is 0 Å². The van der Waals surface area contributed by atoms with Crippen LogP contribution in [0, 0.1) is 5.92 Å². The second-order valence-corrected chi connectivity index (χ2v) is 14.3. The molecule has 2 fully saturated rings. The molecule has 2 atom stereocenters. The number of nitrogens with one attached hydrogen (secondary N) is 1. The van der Waals surface area contributed by atoms with Gasteiger partial charge in [0, 0.05) is 63.5 Å². The van der Waals surface area contributed by atoms with E-state index in [-0.39, 0.29) is 24.9 Å². The summed E-state index contributed by atoms with van der Waals surface area (Å²) in [5.74, 6) is 0.959. The van der Waals surface area contributed by atoms with Crippen molar-refractivity contribution in [3.05, 3.63) is 60.3 Å². The number of aryl methyl sites for hydroxylation is 1. The predicted octanol–water partition coefficient (Wildman–Crippen LogP) is 4.29. The number of hydrogen-bond donors (Lipinski definition) is 1. The fourth-order valence-electron chi connectivity index (χ4n) is 6.33. The molecule has 3 aromatic heterocycles. The summed E-state index contributed by atoms with van der Waals surface area (Å²) in [6, 6.07) is 10.8. The highest BCUT2D eigenvalue weighted by atomic mass is 16.6. The Bertz CT molecular complexity index is 1880. The third-order valence-electron chi connectivity index (χ3n) is 8.98. The number of rotatable bonds is 9. The van der Waals surface area contributed by atoms with Crippen LogP contribution in [0.5, 0.6) is 0 Å². The normalized spacial score (nSPS) is 18.4. The number of carbonyl (C=O) groups is 3. The largest absolute Gasteiger partial charge is 0.444 e. The molecule has 1 N–H and O–H groups in total. The minimum absolute atomic E-state index is 0.219. The molecule has 0 radical (unpaired) electrons. The molecule has 1 saturated heterocycles. The molecular formula is C36H46N8O4. The minimum Gasteiger partial charge on any atom is -0.444 e. The highest BCUT2D eigenvalue weighted by Gasteiger charge is 2.41. The quantitative estimate of drug-likeness (QED) is 0.268. The smallest absolute Gasteiger partial charge is 0.410 e. The first-order valence-electron chi connectivity index (χ1n) is 16.6. The zero-order valence-corrected chi connectivity index (χ0v) is 28.9. The lowest BCUT2D eigenvalue weighted by Crippen LogP contribution is -2.51. The van der Waals surface area contributed by atoms with Gasteiger partial charge in [-0.2, -0.15) is 0 Å². The molecular weight excluding hydrogens is 608 g/mol. The first kappa shape index (κ1) is 33.2. The Morgan fingerprint density at radius 1 is 1.08 bits per heavy atom. The molecule has 0 bridgehead atoms. The number of likely N-dealkylation sites (N-methyl/N-ethyl adjacent to an activating group) is 2. The first-order chi connectivity index (χ1) is 22.8. The third kappa shape index (κ3) is 7.08. The van der Waals surface area contributed by atoms with E-state index >= 15 is 0 Å². The molecule has 254 valence electrons. The van der Waals surface area contributed by atoms with Gasteiger partial charge in [0.05, 0.1) is 28.8 Å². The molecule has 12 nitrogen and oxygen atoms in total. The SMILES string of the molecule is CN(C)C/C=C/C(=O)N[C@H]1CN(C(=O)OC(C)(C)C)C[C@@H]1N(C)C(=O)c1ccc2c(c1)nc(-c1cc3cccnc3n1CC1CC1)n2C. The second kappa shape index (κ2) is 13.1. The molecule has 48 heavy (non-hydrogen) atoms. The van der Waals surface area contributed by atoms with Crippen LogP contribution in [0.15, 0.2) is 54.7 Å². The maximum absolute atomic E-state index is 14.0. The zero-order chi connectivity index (χ0) is 34.3. The average molecular weight is 655 g/mol. The van der Waals surface area contributed by atoms with Gasteiger partial charge in [0.2, 0.25) is 5.91 Å². The number of aromatic nitrogens is 4. The van der Waals surface area contributed by atoms with Crippen molar-refractivity contribution >= 4 is 40.0 Å². The fraction of sp³-hybridized carbons (Fsp3) is 0.472. The maximum Gasteiger partial charge on any atom is 0.410 e. The maximum atomic E-state index is 14.0. The summed E-state index contributed by atoms with van der Waals surface area (Å²) in [7, 11) is 7.55. The van der Waals surface area contributed by atoms with Gasteiger partial charge in [-0.1, -0.05) is 6.08 Å². The summed E-state index contributed by atoms with van der Waals surface area (Å²) < 4.78 is 9.96. The van der Waals surface area contributed by atoms with Gasteiger partial charge in [0.15, 0.2) is 5.82 Å². The van der Waals surface area contributed by atoms with Crippen LogP contribution in [0.4, 0.5) is 4.79 Å². The Morgan fingerprint density at radius 2 is 1.85 bits per heavy atom. The van der Waals surface area contributed by atoms with Gasteiger partial charge in [0.1, 0.15) is 11.2 Å². The van der Waals surface area contributed by atoms with Gasteiger partial charge in [-0.25, -0.2) is 14.8 Å². The van der Waals surface area contributed by atoms with E-state index in [0.717, 1.165) is 34.6 Å². The summed E-state index contributed by atoms with van der Waals surface area (Å²) in [4.78, 5) is 54.8. The molecule has 6 rings (SSSR count). The van der Waals surface area contributed by atoms with Gasteiger partial charge < -0.3 is 33.9 Å². The lowest BCUT2D eigenvalue weighted by atomic mass is 10.1. The van der Waals surface area contributed by atoms with E-state index < -0.39 is 23.8 Å². The van der Waals surface area contributed by atoms with Gasteiger partial charge in [-0.3, -0.25) is 9.59 Å². The molecule has 4 heterocycles. The standard InChI is InChI=1S/C36H46N8O4/c1-36(2,3)48-35(47)43-21-27(38-31(45)11-9-17-40(4)5)30(22-43)42(7)34(46)25-14-15-28-26(18-25)39-33(41(28)6)29-19-24-10-8-16-37-32(24)44(29)20-23-12-13-23/h8-11,14-16,18-19,23,27,30H,12-13,17,20-22H2,1-7H3,(H,38,45)/b11-9+/t27-,30-/m0/s1. The van der Waals surface area contributed by atoms with Crippen molar-refractivity contribution < 1.29 is 19.1 Å². The van der Waals surface area contributed by atoms with Gasteiger partial charge in [-0.15, -0.1) is 0 Å². The zero-order valence-electron chi connectivity index (χ0n) is 28.9. The van der Waals surface area contributed by atoms with Crippen LogP contribution < -0.4 is 5.32 Å². The molecule has 3 amide bonds. The van der Waals surface area contributed by atoms with Crippen molar-refractivity contribution in [2.24, 2.45) is 13.0 Å². The number of pyridine rings is 1. The number of ether oxygens (including phenoxy) is 1. The van der Waals surface area contributed by atoms with E-state index in [9.17, 15) is 14.4 Å². The Hall–Kier alpha value is -4.71. The van der Waals surface area contributed by atoms with Crippen molar-refractivity contribution in [1.29, 1.82) is 0 Å². The summed E-state index contributed by atoms with van der Waals surface area (Å²) in [6.07, 6.45) is 7.06. The lowest BCUT2D eigenvalue weighted by Gasteiger charge is -2.29. The van der Waals surface area contributed by atoms with Crippen molar-refractivity contribution in [1.82, 2.24) is 39.1 Å². The Morgan fingerprint density at radius 3 is 2.56 bits per heavy atom. The van der Waals surface area contributed by atoms with E-state index in [1.54, 1.807) is 22.9 Å². The molecule has 2 aliphatic rings. The highest BCUT2D eigenvalue weighted by molar-refractivity contribution is 5.98. The van der Waals surface area contributed by atoms with Crippen LogP contribution in [0.3, 0.4) is 0 Å². The number of imidazole rings is 1. The first-order valence-corrected chi connectivity index (χ1v) is 16.6. The summed E-state index contributed by atoms with van der Waals surface area (Å²) in [5.41, 5.74) is 3.38. The predicted molar refractivity (Wildman–Crippen MR) is 185 cm³/mol. The summed E-state index contributed by atoms with van der Waals surface area (Å²) >= 11 is 0. The fourth-order valence-corrected chi connectivity index (χ4v) is 6.33. The second-order valence-electron chi connectivity index (χ2n) is 14.3. The molecule has 0 unspecified atom stereocenters. The van der Waals surface area contributed by atoms with Crippen molar-refractivity contribution in [2.45, 2.75) is 57.8 Å². The van der Waals surface area contributed by atoms with Gasteiger partial charge in [-0.05, 0) is 90.0 Å². The molecule has 1 saturated carbocycles. The number of likely N-dealkylation sites (tertiary alicyclic amines) is 1. The molecule has 0 spiro atoms. The van der Waals surface area contributed by atoms with Crippen LogP contribution in [-0.2, 0) is 23.1 Å². The Balaban J connectivity index is 1.27. The number of benzene rings is 1. The van der Waals surface area contributed by atoms with Crippen LogP contribution in [0.25, 0.3) is 33.6 Å². The van der Waals surface area contributed by atoms with Crippen LogP contribution >= 0.6 is 0 Å². The summed E-state index contributed by atoms with van der Waals surface area (Å²) in [6.45, 7) is 7.39. The monoisotopic (exact) mass is 654 g/mol. The highest BCUT2D eigenvalue weighted by Crippen LogP contribution is 2.36. The van der Waals surface area contributed by atoms with E-state index in [1.165, 1.54) is 18.9 Å². The molecule has 1 aliphatic heterocycles. The molecule has 4 aromatic rings. The Kier molecular flexibility index (Phi) is 9.04. The number of carbonyl (C=O) groups excluding carboxylic acids is 3. The van der Waals surface area contributed by atoms with Crippen molar-refractivity contribution in [2.75, 3.05) is 40.8 Å². The lowest BCUT2D eigenvalue weighted by molar-refractivity contribution is -0.117. The topological polar surface area (TPSA) is 118 Å². The number of hydrogen-bond acceptors (Lipinski definition) is 7. The number of amides is 3. The Labute approximate surface area is 281 Å². The van der Waals surface area contributed by atoms with E-state index in [0.29, 0.717) is 23.5 Å². The van der Waals surface area contributed by atoms with E-state index in [1.807, 2.05) is 77.3 Å². The molecule has 12 heteroatoms. The molecule has 1 aromatic carbocycles. The van der Waals surface area contributed by atoms with E-state index in [2.05, 4.69) is 31.6 Å². The van der Waals surface area contributed by atoms with Crippen molar-refractivity contribution in [3.8, 4) is 11.5 Å². The molecule has 1 aliphatic carbocycles. The van der Waals surface area contributed by atoms with Crippen LogP contribution in [0.1, 0.15) is 44.0 Å². The number of nitrogens with zero attached hydrogens (tertiary/aromatic N) is 7. The average Bonchev–Trinajstić information content (AvgIpc) is 3.50. The van der Waals surface area contributed by atoms with Crippen LogP contribution in [0.2, 0.25) is 0 Å². The van der Waals surface area contributed by atoms with E-state index in [4.69, 9.17) is 9.72 Å². The minimum atomic E-state index is -0.676.